The van der Waals surface area contributed by atoms with Crippen LogP contribution >= 0.6 is 0 Å². The number of ketones is 1. The third-order valence-corrected chi connectivity index (χ3v) is 9.52. The second kappa shape index (κ2) is 24.6. The molecule has 0 heterocycles. The summed E-state index contributed by atoms with van der Waals surface area (Å²) in [5, 5.41) is 0.630. The molecule has 40 heavy (non-hydrogen) atoms. The fourth-order valence-corrected chi connectivity index (χ4v) is 5.18. The largest absolute Gasteiger partial charge is 0.299 e. The van der Waals surface area contributed by atoms with Gasteiger partial charge in [-0.2, -0.15) is 0 Å². The van der Waals surface area contributed by atoms with E-state index in [1.54, 1.807) is 0 Å². The fourth-order valence-electron chi connectivity index (χ4n) is 4.09. The van der Waals surface area contributed by atoms with Gasteiger partial charge in [0.05, 0.1) is 0 Å². The van der Waals surface area contributed by atoms with E-state index in [-0.39, 0.29) is 11.8 Å². The Kier molecular flexibility index (Phi) is 28.3. The molecular formula is C37H74O2S. The number of benzene rings is 1. The zero-order valence-electron chi connectivity index (χ0n) is 30.8. The molecular weight excluding hydrogens is 508 g/mol. The van der Waals surface area contributed by atoms with E-state index < -0.39 is 10.8 Å². The third kappa shape index (κ3) is 21.7. The van der Waals surface area contributed by atoms with Crippen LogP contribution in [0.5, 0.6) is 0 Å². The molecule has 0 N–H and O–H groups in total. The maximum absolute atomic E-state index is 11.0. The summed E-state index contributed by atoms with van der Waals surface area (Å²) in [7, 11) is -0.623. The summed E-state index contributed by atoms with van der Waals surface area (Å²) in [5.41, 5.74) is 1.98. The van der Waals surface area contributed by atoms with Crippen LogP contribution in [0.2, 0.25) is 0 Å². The van der Waals surface area contributed by atoms with E-state index in [9.17, 15) is 9.00 Å². The zero-order valence-corrected chi connectivity index (χ0v) is 31.6. The molecule has 0 saturated carbocycles. The third-order valence-electron chi connectivity index (χ3n) is 7.66. The summed E-state index contributed by atoms with van der Waals surface area (Å²) in [5.74, 6) is 4.48. The highest BCUT2D eigenvalue weighted by Gasteiger charge is 2.25. The Morgan fingerprint density at radius 3 is 1.02 bits per heavy atom. The van der Waals surface area contributed by atoms with Crippen LogP contribution in [0.25, 0.3) is 0 Å². The number of rotatable bonds is 9. The predicted octanol–water partition coefficient (Wildman–Crippen LogP) is 11.9. The van der Waals surface area contributed by atoms with Crippen LogP contribution < -0.4 is 0 Å². The van der Waals surface area contributed by atoms with Gasteiger partial charge in [0, 0.05) is 33.1 Å². The predicted molar refractivity (Wildman–Crippen MR) is 187 cm³/mol. The Bertz CT molecular complexity index is 664. The lowest BCUT2D eigenvalue weighted by Gasteiger charge is -2.33. The molecule has 0 aliphatic carbocycles. The molecule has 0 atom stereocenters. The van der Waals surface area contributed by atoms with Crippen molar-refractivity contribution in [3.63, 3.8) is 0 Å². The Morgan fingerprint density at radius 2 is 0.900 bits per heavy atom. The van der Waals surface area contributed by atoms with Gasteiger partial charge in [-0.1, -0.05) is 169 Å². The van der Waals surface area contributed by atoms with Crippen LogP contribution in [-0.4, -0.2) is 20.5 Å². The van der Waals surface area contributed by atoms with E-state index in [2.05, 4.69) is 99.6 Å². The Morgan fingerprint density at radius 1 is 0.600 bits per heavy atom. The molecule has 0 unspecified atom stereocenters. The first-order valence-electron chi connectivity index (χ1n) is 16.1. The van der Waals surface area contributed by atoms with Gasteiger partial charge in [0.15, 0.2) is 0 Å². The van der Waals surface area contributed by atoms with Gasteiger partial charge in [0.25, 0.3) is 0 Å². The lowest BCUT2D eigenvalue weighted by molar-refractivity contribution is -0.124. The minimum atomic E-state index is -0.623. The highest BCUT2D eigenvalue weighted by Crippen LogP contribution is 2.34. The Balaban J connectivity index is -0.000000217. The molecule has 1 aromatic rings. The van der Waals surface area contributed by atoms with Crippen LogP contribution in [-0.2, 0) is 15.6 Å². The normalized spacial score (nSPS) is 11.4. The van der Waals surface area contributed by atoms with Crippen molar-refractivity contribution in [1.29, 1.82) is 0 Å². The van der Waals surface area contributed by atoms with Gasteiger partial charge in [-0.05, 0) is 40.6 Å². The van der Waals surface area contributed by atoms with Gasteiger partial charge in [0.1, 0.15) is 5.78 Å². The summed E-state index contributed by atoms with van der Waals surface area (Å²) >= 11 is 0. The molecule has 0 saturated heterocycles. The minimum Gasteiger partial charge on any atom is -0.299 e. The Hall–Kier alpha value is -0.960. The van der Waals surface area contributed by atoms with Crippen molar-refractivity contribution in [1.82, 2.24) is 0 Å². The number of carbonyl (C=O) groups is 1. The summed E-state index contributed by atoms with van der Waals surface area (Å²) < 4.78 is 11.0. The standard InChI is InChI=1S/C13H20.C9H20.C7H14O.C6H14OS.C2H6/c1-10(2)13(11(3)4)12-8-6-5-7-9-12;1-7(2)9(5,6)8(3)4;1-5(2)7(8)6(3)4;1-5(2)8(7)6(3)4;1-2/h5-11,13H,1-4H3;7-8H,1-6H3;2*5-6H,1-4H3;1-2H3. The van der Waals surface area contributed by atoms with Crippen molar-refractivity contribution in [2.45, 2.75) is 155 Å². The smallest absolute Gasteiger partial charge is 0.137 e. The van der Waals surface area contributed by atoms with Gasteiger partial charge in [-0.3, -0.25) is 9.00 Å². The van der Waals surface area contributed by atoms with Crippen LogP contribution in [0.3, 0.4) is 0 Å². The number of hydrogen-bond acceptors (Lipinski definition) is 2. The maximum Gasteiger partial charge on any atom is 0.137 e. The van der Waals surface area contributed by atoms with E-state index >= 15 is 0 Å². The molecule has 3 heteroatoms. The average molecular weight is 583 g/mol. The van der Waals surface area contributed by atoms with Crippen molar-refractivity contribution in [3.05, 3.63) is 35.9 Å². The Labute approximate surface area is 256 Å². The first-order chi connectivity index (χ1) is 18.1. The van der Waals surface area contributed by atoms with E-state index in [0.29, 0.717) is 27.6 Å². The molecule has 0 bridgehead atoms. The lowest BCUT2D eigenvalue weighted by atomic mass is 9.72. The quantitative estimate of drug-likeness (QED) is 0.290. The van der Waals surface area contributed by atoms with E-state index in [1.807, 2.05) is 69.2 Å². The molecule has 0 radical (unpaired) electrons. The van der Waals surface area contributed by atoms with Gasteiger partial charge in [-0.15, -0.1) is 0 Å². The average Bonchev–Trinajstić information content (AvgIpc) is 2.85. The lowest BCUT2D eigenvalue weighted by Crippen LogP contribution is -2.25. The van der Waals surface area contributed by atoms with Crippen molar-refractivity contribution < 1.29 is 9.00 Å². The molecule has 1 rings (SSSR count). The summed E-state index contributed by atoms with van der Waals surface area (Å²) in [6.45, 7) is 42.7. The van der Waals surface area contributed by atoms with Crippen LogP contribution in [0.4, 0.5) is 0 Å². The summed E-state index contributed by atoms with van der Waals surface area (Å²) in [6.07, 6.45) is 0. The van der Waals surface area contributed by atoms with Gasteiger partial charge in [0.2, 0.25) is 0 Å². The number of Topliss-reactive ketones (excluding diaryl/α,β-unsaturated/α-hetero) is 1. The van der Waals surface area contributed by atoms with Crippen LogP contribution in [0.1, 0.15) is 150 Å². The van der Waals surface area contributed by atoms with Gasteiger partial charge < -0.3 is 0 Å². The molecule has 2 nitrogen and oxygen atoms in total. The zero-order chi connectivity index (χ0) is 33.0. The van der Waals surface area contributed by atoms with Crippen molar-refractivity contribution in [2.75, 3.05) is 0 Å². The second-order valence-corrected chi connectivity index (χ2v) is 16.2. The van der Waals surface area contributed by atoms with Crippen molar-refractivity contribution in [2.24, 2.45) is 40.9 Å². The van der Waals surface area contributed by atoms with Crippen LogP contribution in [0, 0.1) is 40.9 Å². The van der Waals surface area contributed by atoms with Crippen LogP contribution in [0.15, 0.2) is 30.3 Å². The molecule has 240 valence electrons. The SMILES string of the molecule is CC.CC(C)C(=O)C(C)C.CC(C)C(C)(C)C(C)C.CC(C)C(c1ccccc1)C(C)C.CC(C)S(=O)C(C)C. The fraction of sp³-hybridized carbons (Fsp3) is 0.811. The molecule has 0 fully saturated rings. The minimum absolute atomic E-state index is 0.204. The second-order valence-electron chi connectivity index (χ2n) is 13.7. The number of hydrogen-bond donors (Lipinski definition) is 0. The maximum atomic E-state index is 11.0. The van der Waals surface area contributed by atoms with E-state index in [0.717, 1.165) is 23.7 Å². The van der Waals surface area contributed by atoms with E-state index in [1.165, 1.54) is 5.56 Å². The number of carbonyl (C=O) groups excluding carboxylic acids is 1. The highest BCUT2D eigenvalue weighted by atomic mass is 32.2. The molecule has 0 spiro atoms. The topological polar surface area (TPSA) is 34.1 Å². The molecule has 1 aromatic carbocycles. The summed E-state index contributed by atoms with van der Waals surface area (Å²) in [6, 6.07) is 10.8. The summed E-state index contributed by atoms with van der Waals surface area (Å²) in [4.78, 5) is 10.8. The first kappa shape index (κ1) is 46.0. The van der Waals surface area contributed by atoms with Crippen molar-refractivity contribution in [3.8, 4) is 0 Å². The van der Waals surface area contributed by atoms with Gasteiger partial charge in [-0.25, -0.2) is 0 Å². The molecule has 0 aromatic heterocycles. The molecule has 0 aliphatic heterocycles. The van der Waals surface area contributed by atoms with E-state index in [4.69, 9.17) is 0 Å². The highest BCUT2D eigenvalue weighted by molar-refractivity contribution is 7.86. The molecule has 0 aliphatic rings. The van der Waals surface area contributed by atoms with Crippen molar-refractivity contribution >= 4 is 16.6 Å². The van der Waals surface area contributed by atoms with Gasteiger partial charge >= 0.3 is 0 Å². The molecule has 0 amide bonds. The monoisotopic (exact) mass is 583 g/mol. The first-order valence-corrected chi connectivity index (χ1v) is 17.4.